The number of amides is 2. The molecule has 35 heavy (non-hydrogen) atoms. The minimum Gasteiger partial charge on any atom is -0.334 e. The topological polar surface area (TPSA) is 71.3 Å². The maximum Gasteiger partial charge on any atom is 0.322 e. The largest absolute Gasteiger partial charge is 0.334 e. The maximum absolute atomic E-state index is 14.1. The number of aromatic nitrogens is 2. The first kappa shape index (κ1) is 22.7. The Morgan fingerprint density at radius 3 is 2.54 bits per heavy atom. The van der Waals surface area contributed by atoms with Crippen molar-refractivity contribution >= 4 is 23.2 Å². The fourth-order valence-electron chi connectivity index (χ4n) is 4.03. The van der Waals surface area contributed by atoms with Crippen LogP contribution < -0.4 is 5.32 Å². The molecule has 0 radical (unpaired) electrons. The van der Waals surface area contributed by atoms with Gasteiger partial charge in [0.25, 0.3) is 5.89 Å². The van der Waals surface area contributed by atoms with Gasteiger partial charge >= 0.3 is 6.03 Å². The van der Waals surface area contributed by atoms with Crippen LogP contribution in [0.3, 0.4) is 0 Å². The Kier molecular flexibility index (Phi) is 6.05. The van der Waals surface area contributed by atoms with Crippen molar-refractivity contribution in [2.24, 2.45) is 0 Å². The van der Waals surface area contributed by atoms with E-state index in [1.165, 1.54) is 29.2 Å². The van der Waals surface area contributed by atoms with Crippen LogP contribution in [-0.2, 0) is 6.54 Å². The predicted octanol–water partition coefficient (Wildman–Crippen LogP) is 6.37. The van der Waals surface area contributed by atoms with Gasteiger partial charge in [-0.1, -0.05) is 47.1 Å². The molecule has 176 valence electrons. The van der Waals surface area contributed by atoms with E-state index in [4.69, 9.17) is 16.1 Å². The Bertz CT molecular complexity index is 1440. The van der Waals surface area contributed by atoms with E-state index in [2.05, 4.69) is 15.5 Å². The summed E-state index contributed by atoms with van der Waals surface area (Å²) in [4.78, 5) is 19.2. The van der Waals surface area contributed by atoms with Crippen LogP contribution in [0.2, 0.25) is 5.02 Å². The molecule has 1 aliphatic heterocycles. The van der Waals surface area contributed by atoms with Crippen LogP contribution in [0.5, 0.6) is 0 Å². The average molecular weight is 493 g/mol. The van der Waals surface area contributed by atoms with Gasteiger partial charge < -0.3 is 9.84 Å². The fourth-order valence-corrected chi connectivity index (χ4v) is 4.23. The molecule has 1 N–H and O–H groups in total. The van der Waals surface area contributed by atoms with Crippen LogP contribution in [-0.4, -0.2) is 21.1 Å². The average Bonchev–Trinajstić information content (AvgIpc) is 3.32. The van der Waals surface area contributed by atoms with Crippen molar-refractivity contribution in [3.8, 4) is 11.4 Å². The summed E-state index contributed by atoms with van der Waals surface area (Å²) < 4.78 is 33.0. The molecule has 0 spiro atoms. The number of halogens is 3. The van der Waals surface area contributed by atoms with Gasteiger partial charge in [0.15, 0.2) is 0 Å². The lowest BCUT2D eigenvalue weighted by molar-refractivity contribution is 0.203. The summed E-state index contributed by atoms with van der Waals surface area (Å²) in [5.41, 5.74) is 2.91. The molecule has 2 heterocycles. The van der Waals surface area contributed by atoms with Gasteiger partial charge in [-0.2, -0.15) is 4.98 Å². The number of hydrogen-bond acceptors (Lipinski definition) is 4. The van der Waals surface area contributed by atoms with Crippen LogP contribution in [0.4, 0.5) is 13.6 Å². The summed E-state index contributed by atoms with van der Waals surface area (Å²) in [5, 5.41) is 7.50. The van der Waals surface area contributed by atoms with Gasteiger partial charge in [0.2, 0.25) is 5.82 Å². The number of urea groups is 1. The number of nitrogens with one attached hydrogen (secondary N) is 1. The molecule has 2 amide bonds. The highest BCUT2D eigenvalue weighted by molar-refractivity contribution is 6.31. The SMILES string of the molecule is CC1=C(c2nc(-c3ccc(F)cc3)no2)C(c2cccc(F)c2)NC(=O)N1Cc1ccccc1Cl. The normalized spacial score (nSPS) is 15.9. The van der Waals surface area contributed by atoms with E-state index in [1.54, 1.807) is 37.3 Å². The van der Waals surface area contributed by atoms with Crippen molar-refractivity contribution in [3.05, 3.63) is 112 Å². The van der Waals surface area contributed by atoms with E-state index in [9.17, 15) is 13.6 Å². The van der Waals surface area contributed by atoms with Crippen molar-refractivity contribution in [2.75, 3.05) is 0 Å². The first-order valence-electron chi connectivity index (χ1n) is 10.8. The van der Waals surface area contributed by atoms with Crippen LogP contribution in [0, 0.1) is 11.6 Å². The van der Waals surface area contributed by atoms with E-state index in [0.717, 1.165) is 5.56 Å². The Hall–Kier alpha value is -4.04. The molecule has 0 bridgehead atoms. The smallest absolute Gasteiger partial charge is 0.322 e. The van der Waals surface area contributed by atoms with Gasteiger partial charge in [-0.25, -0.2) is 13.6 Å². The van der Waals surface area contributed by atoms with E-state index in [-0.39, 0.29) is 30.1 Å². The third kappa shape index (κ3) is 4.52. The number of carbonyl (C=O) groups excluding carboxylic acids is 1. The molecule has 5 rings (SSSR count). The summed E-state index contributed by atoms with van der Waals surface area (Å²) in [6.45, 7) is 1.97. The number of hydrogen-bond donors (Lipinski definition) is 1. The first-order valence-corrected chi connectivity index (χ1v) is 11.2. The second-order valence-corrected chi connectivity index (χ2v) is 8.45. The highest BCUT2D eigenvalue weighted by Crippen LogP contribution is 2.38. The lowest BCUT2D eigenvalue weighted by Crippen LogP contribution is -2.45. The van der Waals surface area contributed by atoms with Crippen LogP contribution >= 0.6 is 11.6 Å². The summed E-state index contributed by atoms with van der Waals surface area (Å²) in [6.07, 6.45) is 0. The minimum absolute atomic E-state index is 0.153. The molecule has 9 heteroatoms. The third-order valence-corrected chi connectivity index (χ3v) is 6.19. The van der Waals surface area contributed by atoms with Crippen LogP contribution in [0.1, 0.15) is 30.0 Å². The monoisotopic (exact) mass is 492 g/mol. The molecule has 1 unspecified atom stereocenters. The van der Waals surface area contributed by atoms with E-state index in [1.807, 2.05) is 18.2 Å². The zero-order valence-corrected chi connectivity index (χ0v) is 19.3. The minimum atomic E-state index is -0.734. The van der Waals surface area contributed by atoms with E-state index < -0.39 is 11.9 Å². The Morgan fingerprint density at radius 2 is 1.80 bits per heavy atom. The molecular weight excluding hydrogens is 474 g/mol. The fraction of sp³-hybridized carbons (Fsp3) is 0.115. The molecule has 3 aromatic carbocycles. The molecule has 0 saturated carbocycles. The lowest BCUT2D eigenvalue weighted by atomic mass is 9.94. The zero-order valence-electron chi connectivity index (χ0n) is 18.5. The summed E-state index contributed by atoms with van der Waals surface area (Å²) in [7, 11) is 0. The highest BCUT2D eigenvalue weighted by atomic mass is 35.5. The summed E-state index contributed by atoms with van der Waals surface area (Å²) in [6, 6.07) is 17.8. The lowest BCUT2D eigenvalue weighted by Gasteiger charge is -2.35. The van der Waals surface area contributed by atoms with Gasteiger partial charge in [-0.05, 0) is 60.5 Å². The molecule has 4 aromatic rings. The number of benzene rings is 3. The second kappa shape index (κ2) is 9.31. The van der Waals surface area contributed by atoms with Gasteiger partial charge in [0.05, 0.1) is 18.2 Å². The quantitative estimate of drug-likeness (QED) is 0.351. The van der Waals surface area contributed by atoms with Crippen molar-refractivity contribution in [3.63, 3.8) is 0 Å². The summed E-state index contributed by atoms with van der Waals surface area (Å²) >= 11 is 6.33. The molecule has 0 saturated heterocycles. The van der Waals surface area contributed by atoms with Crippen molar-refractivity contribution < 1.29 is 18.1 Å². The molecule has 0 aliphatic carbocycles. The van der Waals surface area contributed by atoms with Crippen LogP contribution in [0.15, 0.2) is 83.0 Å². The Balaban J connectivity index is 1.61. The maximum atomic E-state index is 14.1. The molecule has 1 aromatic heterocycles. The Morgan fingerprint density at radius 1 is 1.03 bits per heavy atom. The van der Waals surface area contributed by atoms with Crippen molar-refractivity contribution in [1.29, 1.82) is 0 Å². The highest BCUT2D eigenvalue weighted by Gasteiger charge is 2.36. The molecular formula is C26H19ClF2N4O2. The number of nitrogens with zero attached hydrogens (tertiary/aromatic N) is 3. The number of carbonyl (C=O) groups is 1. The standard InChI is InChI=1S/C26H19ClF2N4O2/c1-15-22(25-31-24(32-35-25)16-9-11-19(28)12-10-16)23(17-6-4-7-20(29)13-17)30-26(34)33(15)14-18-5-2-3-8-21(18)27/h2-13,23H,14H2,1H3,(H,30,34). The van der Waals surface area contributed by atoms with Crippen molar-refractivity contribution in [2.45, 2.75) is 19.5 Å². The van der Waals surface area contributed by atoms with Gasteiger partial charge in [-0.15, -0.1) is 0 Å². The third-order valence-electron chi connectivity index (χ3n) is 5.82. The first-order chi connectivity index (χ1) is 16.9. The van der Waals surface area contributed by atoms with Gasteiger partial charge in [-0.3, -0.25) is 4.90 Å². The molecule has 0 fully saturated rings. The number of allylic oxidation sites excluding steroid dienone is 1. The number of rotatable bonds is 5. The van der Waals surface area contributed by atoms with Gasteiger partial charge in [0.1, 0.15) is 11.6 Å². The Labute approximate surface area is 204 Å². The second-order valence-electron chi connectivity index (χ2n) is 8.04. The predicted molar refractivity (Wildman–Crippen MR) is 127 cm³/mol. The molecule has 6 nitrogen and oxygen atoms in total. The van der Waals surface area contributed by atoms with E-state index in [0.29, 0.717) is 27.4 Å². The van der Waals surface area contributed by atoms with E-state index >= 15 is 0 Å². The van der Waals surface area contributed by atoms with Gasteiger partial charge in [0, 0.05) is 16.3 Å². The zero-order chi connectivity index (χ0) is 24.5. The molecule has 1 atom stereocenters. The van der Waals surface area contributed by atoms with Crippen molar-refractivity contribution in [1.82, 2.24) is 20.4 Å². The molecule has 1 aliphatic rings. The van der Waals surface area contributed by atoms with Crippen LogP contribution in [0.25, 0.3) is 17.0 Å². The summed E-state index contributed by atoms with van der Waals surface area (Å²) in [5.74, 6) is -0.412.